The van der Waals surface area contributed by atoms with Crippen molar-refractivity contribution in [2.75, 3.05) is 13.1 Å². The van der Waals surface area contributed by atoms with Gasteiger partial charge in [0.2, 0.25) is 10.0 Å². The van der Waals surface area contributed by atoms with E-state index in [1.54, 1.807) is 0 Å². The minimum absolute atomic E-state index is 0.0199. The number of piperidine rings is 1. The Labute approximate surface area is 197 Å². The van der Waals surface area contributed by atoms with Gasteiger partial charge in [-0.15, -0.1) is 13.2 Å². The lowest BCUT2D eigenvalue weighted by Gasteiger charge is -2.39. The molecule has 0 spiro atoms. The molecule has 9 heteroatoms. The van der Waals surface area contributed by atoms with Gasteiger partial charge in [0.1, 0.15) is 5.75 Å². The molecule has 180 valence electrons. The van der Waals surface area contributed by atoms with Crippen LogP contribution in [0, 0.1) is 0 Å². The van der Waals surface area contributed by atoms with Crippen LogP contribution in [-0.2, 0) is 10.0 Å². The van der Waals surface area contributed by atoms with Gasteiger partial charge in [-0.1, -0.05) is 60.7 Å². The van der Waals surface area contributed by atoms with E-state index in [1.165, 1.54) is 0 Å². The SMILES string of the molecule is O=S(=O)(N[C@@H]1CCCN(C(c2ccccc2)c2ccccc2)C1)c1ccc(OC(F)(F)F)cc1. The zero-order chi connectivity index (χ0) is 24.2. The summed E-state index contributed by atoms with van der Waals surface area (Å²) in [6, 6.07) is 24.0. The van der Waals surface area contributed by atoms with Crippen molar-refractivity contribution < 1.29 is 26.3 Å². The molecule has 3 aromatic carbocycles. The average Bonchev–Trinajstić information content (AvgIpc) is 2.80. The highest BCUT2D eigenvalue weighted by Crippen LogP contribution is 2.31. The summed E-state index contributed by atoms with van der Waals surface area (Å²) in [4.78, 5) is 2.16. The molecular weight excluding hydrogens is 465 g/mol. The van der Waals surface area contributed by atoms with Crippen LogP contribution in [0.1, 0.15) is 30.0 Å². The molecule has 1 fully saturated rings. The van der Waals surface area contributed by atoms with Gasteiger partial charge in [0.25, 0.3) is 0 Å². The topological polar surface area (TPSA) is 58.6 Å². The molecule has 0 radical (unpaired) electrons. The van der Waals surface area contributed by atoms with Gasteiger partial charge < -0.3 is 4.74 Å². The van der Waals surface area contributed by atoms with E-state index in [4.69, 9.17) is 0 Å². The molecule has 0 aromatic heterocycles. The van der Waals surface area contributed by atoms with Gasteiger partial charge in [-0.3, -0.25) is 4.90 Å². The van der Waals surface area contributed by atoms with Crippen molar-refractivity contribution in [1.82, 2.24) is 9.62 Å². The van der Waals surface area contributed by atoms with Crippen molar-refractivity contribution in [1.29, 1.82) is 0 Å². The van der Waals surface area contributed by atoms with E-state index >= 15 is 0 Å². The summed E-state index contributed by atoms with van der Waals surface area (Å²) < 4.78 is 69.5. The number of sulfonamides is 1. The van der Waals surface area contributed by atoms with Crippen LogP contribution >= 0.6 is 0 Å². The van der Waals surface area contributed by atoms with E-state index < -0.39 is 22.1 Å². The second-order valence-corrected chi connectivity index (χ2v) is 9.91. The van der Waals surface area contributed by atoms with Gasteiger partial charge in [-0.25, -0.2) is 13.1 Å². The maximum absolute atomic E-state index is 12.9. The summed E-state index contributed by atoms with van der Waals surface area (Å²) >= 11 is 0. The Morgan fingerprint density at radius 3 is 1.97 bits per heavy atom. The highest BCUT2D eigenvalue weighted by Gasteiger charge is 2.32. The fourth-order valence-electron chi connectivity index (χ4n) is 4.33. The van der Waals surface area contributed by atoms with Crippen LogP contribution in [-0.4, -0.2) is 38.8 Å². The van der Waals surface area contributed by atoms with Crippen LogP contribution in [0.15, 0.2) is 89.8 Å². The number of hydrogen-bond acceptors (Lipinski definition) is 4. The quantitative estimate of drug-likeness (QED) is 0.500. The van der Waals surface area contributed by atoms with Crippen LogP contribution < -0.4 is 9.46 Å². The van der Waals surface area contributed by atoms with E-state index in [0.717, 1.165) is 48.4 Å². The fraction of sp³-hybridized carbons (Fsp3) is 0.280. The van der Waals surface area contributed by atoms with Gasteiger partial charge in [0.05, 0.1) is 10.9 Å². The molecule has 0 saturated carbocycles. The number of alkyl halides is 3. The lowest BCUT2D eigenvalue weighted by molar-refractivity contribution is -0.274. The Morgan fingerprint density at radius 1 is 0.882 bits per heavy atom. The van der Waals surface area contributed by atoms with Crippen LogP contribution in [0.3, 0.4) is 0 Å². The Morgan fingerprint density at radius 2 is 1.44 bits per heavy atom. The first kappa shape index (κ1) is 24.3. The predicted molar refractivity (Wildman–Crippen MR) is 123 cm³/mol. The number of ether oxygens (including phenoxy) is 1. The summed E-state index contributed by atoms with van der Waals surface area (Å²) in [7, 11) is -3.91. The van der Waals surface area contributed by atoms with Crippen molar-refractivity contribution >= 4 is 10.0 Å². The Hall–Kier alpha value is -2.88. The van der Waals surface area contributed by atoms with Gasteiger partial charge in [-0.2, -0.15) is 0 Å². The molecule has 1 aliphatic heterocycles. The van der Waals surface area contributed by atoms with Crippen LogP contribution in [0.5, 0.6) is 5.75 Å². The highest BCUT2D eigenvalue weighted by atomic mass is 32.2. The smallest absolute Gasteiger partial charge is 0.406 e. The average molecular weight is 491 g/mol. The molecule has 1 heterocycles. The second kappa shape index (κ2) is 10.2. The first-order valence-corrected chi connectivity index (χ1v) is 12.4. The molecule has 1 saturated heterocycles. The summed E-state index contributed by atoms with van der Waals surface area (Å²) in [5.74, 6) is -0.469. The normalized spacial score (nSPS) is 17.6. The first-order chi connectivity index (χ1) is 16.2. The molecule has 4 rings (SSSR count). The molecule has 0 aliphatic carbocycles. The number of nitrogens with one attached hydrogen (secondary N) is 1. The van der Waals surface area contributed by atoms with Crippen molar-refractivity contribution in [2.24, 2.45) is 0 Å². The van der Waals surface area contributed by atoms with E-state index in [-0.39, 0.29) is 17.0 Å². The van der Waals surface area contributed by atoms with E-state index in [1.807, 2.05) is 36.4 Å². The molecule has 0 amide bonds. The molecule has 1 N–H and O–H groups in total. The monoisotopic (exact) mass is 490 g/mol. The van der Waals surface area contributed by atoms with Crippen molar-refractivity contribution in [3.8, 4) is 5.75 Å². The third kappa shape index (κ3) is 6.16. The molecule has 1 atom stereocenters. The molecule has 3 aromatic rings. The zero-order valence-corrected chi connectivity index (χ0v) is 19.1. The third-order valence-corrected chi connectivity index (χ3v) is 7.27. The van der Waals surface area contributed by atoms with Gasteiger partial charge in [0, 0.05) is 12.6 Å². The Kier molecular flexibility index (Phi) is 7.25. The van der Waals surface area contributed by atoms with Gasteiger partial charge in [0.15, 0.2) is 0 Å². The lowest BCUT2D eigenvalue weighted by Crippen LogP contribution is -2.48. The summed E-state index contributed by atoms with van der Waals surface area (Å²) in [6.07, 6.45) is -3.36. The van der Waals surface area contributed by atoms with Crippen LogP contribution in [0.25, 0.3) is 0 Å². The maximum atomic E-state index is 12.9. The standard InChI is InChI=1S/C25H25F3N2O3S/c26-25(27,28)33-22-13-15-23(16-14-22)34(31,32)29-21-12-7-17-30(18-21)24(19-8-3-1-4-9-19)20-10-5-2-6-11-20/h1-6,8-11,13-16,21,24,29H,7,12,17-18H2/t21-/m1/s1. The zero-order valence-electron chi connectivity index (χ0n) is 18.3. The molecule has 0 unspecified atom stereocenters. The number of hydrogen-bond donors (Lipinski definition) is 1. The summed E-state index contributed by atoms with van der Waals surface area (Å²) in [5, 5.41) is 0. The maximum Gasteiger partial charge on any atom is 0.573 e. The summed E-state index contributed by atoms with van der Waals surface area (Å²) in [6.45, 7) is 1.32. The van der Waals surface area contributed by atoms with Crippen molar-refractivity contribution in [3.63, 3.8) is 0 Å². The van der Waals surface area contributed by atoms with E-state index in [0.29, 0.717) is 13.0 Å². The number of rotatable bonds is 7. The number of likely N-dealkylation sites (tertiary alicyclic amines) is 1. The molecule has 0 bridgehead atoms. The fourth-order valence-corrected chi connectivity index (χ4v) is 5.59. The second-order valence-electron chi connectivity index (χ2n) is 8.20. The lowest BCUT2D eigenvalue weighted by atomic mass is 9.94. The molecule has 1 aliphatic rings. The Bertz CT molecular complexity index is 1130. The predicted octanol–water partition coefficient (Wildman–Crippen LogP) is 5.12. The molecule has 34 heavy (non-hydrogen) atoms. The first-order valence-electron chi connectivity index (χ1n) is 10.9. The van der Waals surface area contributed by atoms with Crippen molar-refractivity contribution in [3.05, 3.63) is 96.1 Å². The Balaban J connectivity index is 1.50. The van der Waals surface area contributed by atoms with Crippen molar-refractivity contribution in [2.45, 2.75) is 36.2 Å². The summed E-state index contributed by atoms with van der Waals surface area (Å²) in [5.41, 5.74) is 2.25. The third-order valence-electron chi connectivity index (χ3n) is 5.74. The van der Waals surface area contributed by atoms with Gasteiger partial charge in [-0.05, 0) is 54.8 Å². The minimum Gasteiger partial charge on any atom is -0.406 e. The number of halogens is 3. The van der Waals surface area contributed by atoms with Gasteiger partial charge >= 0.3 is 6.36 Å². The van der Waals surface area contributed by atoms with E-state index in [9.17, 15) is 21.6 Å². The highest BCUT2D eigenvalue weighted by molar-refractivity contribution is 7.89. The largest absolute Gasteiger partial charge is 0.573 e. The molecule has 5 nitrogen and oxygen atoms in total. The molecular formula is C25H25F3N2O3S. The number of nitrogens with zero attached hydrogens (tertiary/aromatic N) is 1. The van der Waals surface area contributed by atoms with Crippen LogP contribution in [0.4, 0.5) is 13.2 Å². The van der Waals surface area contributed by atoms with Crippen LogP contribution in [0.2, 0.25) is 0 Å². The minimum atomic E-state index is -4.84. The van der Waals surface area contributed by atoms with E-state index in [2.05, 4.69) is 38.6 Å². The number of benzene rings is 3.